The molecule has 44 heavy (non-hydrogen) atoms. The van der Waals surface area contributed by atoms with E-state index in [9.17, 15) is 19.2 Å². The smallest absolute Gasteiger partial charge is 0.272 e. The highest BCUT2D eigenvalue weighted by Crippen LogP contribution is 2.24. The lowest BCUT2D eigenvalue weighted by Gasteiger charge is -2.26. The van der Waals surface area contributed by atoms with Gasteiger partial charge in [-0.3, -0.25) is 24.1 Å². The fourth-order valence-electron chi connectivity index (χ4n) is 4.85. The molecular formula is C29H33ClN8O5S. The molecule has 0 unspecified atom stereocenters. The van der Waals surface area contributed by atoms with Gasteiger partial charge >= 0.3 is 0 Å². The van der Waals surface area contributed by atoms with Crippen LogP contribution in [0.5, 0.6) is 0 Å². The van der Waals surface area contributed by atoms with Crippen LogP contribution in [0.15, 0.2) is 48.2 Å². The molecule has 0 atom stereocenters. The highest BCUT2D eigenvalue weighted by molar-refractivity contribution is 7.12. The summed E-state index contributed by atoms with van der Waals surface area (Å²) in [6.45, 7) is 4.34. The zero-order chi connectivity index (χ0) is 31.4. The van der Waals surface area contributed by atoms with E-state index in [1.807, 2.05) is 0 Å². The molecule has 4 aromatic rings. The number of hydrogen-bond donors (Lipinski definition) is 4. The van der Waals surface area contributed by atoms with Crippen LogP contribution < -0.4 is 21.3 Å². The van der Waals surface area contributed by atoms with Crippen LogP contribution in [-0.4, -0.2) is 81.6 Å². The number of ether oxygens (including phenoxy) is 1. The van der Waals surface area contributed by atoms with Crippen molar-refractivity contribution in [1.29, 1.82) is 0 Å². The number of aromatic nitrogens is 3. The minimum atomic E-state index is -0.424. The minimum Gasteiger partial charge on any atom is -0.379 e. The number of carbonyl (C=O) groups is 4. The summed E-state index contributed by atoms with van der Waals surface area (Å²) >= 11 is 7.27. The quantitative estimate of drug-likeness (QED) is 0.210. The lowest BCUT2D eigenvalue weighted by Crippen LogP contribution is -2.41. The molecule has 0 aliphatic carbocycles. The predicted molar refractivity (Wildman–Crippen MR) is 169 cm³/mol. The van der Waals surface area contributed by atoms with E-state index in [2.05, 4.69) is 26.2 Å². The number of morpholine rings is 1. The van der Waals surface area contributed by atoms with Crippen molar-refractivity contribution < 1.29 is 23.9 Å². The summed E-state index contributed by atoms with van der Waals surface area (Å²) in [4.78, 5) is 54.0. The molecule has 15 heteroatoms. The van der Waals surface area contributed by atoms with Crippen LogP contribution in [0.2, 0.25) is 5.02 Å². The van der Waals surface area contributed by atoms with Crippen molar-refractivity contribution in [3.05, 3.63) is 75.2 Å². The molecule has 1 aliphatic heterocycles. The molecule has 0 aromatic carbocycles. The number of anilines is 3. The number of hydrogen-bond acceptors (Lipinski definition) is 7. The van der Waals surface area contributed by atoms with Crippen LogP contribution in [0.1, 0.15) is 41.1 Å². The topological polar surface area (TPSA) is 144 Å². The normalized spacial score (nSPS) is 13.5. The van der Waals surface area contributed by atoms with E-state index < -0.39 is 11.8 Å². The lowest BCUT2D eigenvalue weighted by atomic mass is 10.3. The molecule has 4 amide bonds. The number of carbonyl (C=O) groups excluding carboxylic acids is 4. The Morgan fingerprint density at radius 2 is 1.25 bits per heavy atom. The summed E-state index contributed by atoms with van der Waals surface area (Å²) < 4.78 is 10.2. The van der Waals surface area contributed by atoms with Crippen molar-refractivity contribution in [2.24, 2.45) is 21.1 Å². The van der Waals surface area contributed by atoms with Crippen molar-refractivity contribution in [2.45, 2.75) is 0 Å². The van der Waals surface area contributed by atoms with Gasteiger partial charge in [0.05, 0.1) is 35.3 Å². The Morgan fingerprint density at radius 3 is 1.73 bits per heavy atom. The molecule has 1 fully saturated rings. The summed E-state index contributed by atoms with van der Waals surface area (Å²) in [6, 6.07) is 6.37. The van der Waals surface area contributed by atoms with Gasteiger partial charge in [0, 0.05) is 65.9 Å². The van der Waals surface area contributed by atoms with E-state index in [1.54, 1.807) is 83.1 Å². The van der Waals surface area contributed by atoms with E-state index in [0.717, 1.165) is 19.6 Å². The SMILES string of the molecule is Cn1cc(NC(=O)c2cc(NC(=O)c3cc(NC(=O)c4sccc4Cl)cn3C)cn2C)cc1C(=O)NCCN1CCOCC1. The molecule has 0 bridgehead atoms. The Bertz CT molecular complexity index is 1700. The first-order valence-corrected chi connectivity index (χ1v) is 15.1. The molecule has 4 N–H and O–H groups in total. The first-order valence-electron chi connectivity index (χ1n) is 13.8. The molecular weight excluding hydrogens is 608 g/mol. The van der Waals surface area contributed by atoms with Crippen LogP contribution in [0.25, 0.3) is 0 Å². The number of thiophene rings is 1. The van der Waals surface area contributed by atoms with Gasteiger partial charge in [-0.25, -0.2) is 0 Å². The largest absolute Gasteiger partial charge is 0.379 e. The van der Waals surface area contributed by atoms with Gasteiger partial charge in [-0.05, 0) is 29.6 Å². The van der Waals surface area contributed by atoms with E-state index in [-0.39, 0.29) is 11.8 Å². The molecule has 1 aliphatic rings. The molecule has 4 aromatic heterocycles. The van der Waals surface area contributed by atoms with Gasteiger partial charge < -0.3 is 39.7 Å². The average Bonchev–Trinajstić information content (AvgIpc) is 3.76. The number of halogens is 1. The van der Waals surface area contributed by atoms with Crippen molar-refractivity contribution >= 4 is 63.6 Å². The van der Waals surface area contributed by atoms with E-state index in [0.29, 0.717) is 63.8 Å². The van der Waals surface area contributed by atoms with E-state index in [4.69, 9.17) is 16.3 Å². The third-order valence-corrected chi connectivity index (χ3v) is 8.47. The second-order valence-corrected chi connectivity index (χ2v) is 11.7. The summed E-state index contributed by atoms with van der Waals surface area (Å²) in [5, 5.41) is 13.4. The van der Waals surface area contributed by atoms with Crippen LogP contribution >= 0.6 is 22.9 Å². The molecule has 13 nitrogen and oxygen atoms in total. The Kier molecular flexibility index (Phi) is 9.54. The molecule has 0 radical (unpaired) electrons. The summed E-state index contributed by atoms with van der Waals surface area (Å²) in [5.74, 6) is -1.43. The van der Waals surface area contributed by atoms with Gasteiger partial charge in [-0.2, -0.15) is 0 Å². The van der Waals surface area contributed by atoms with Crippen LogP contribution in [0.3, 0.4) is 0 Å². The van der Waals surface area contributed by atoms with Crippen LogP contribution in [-0.2, 0) is 25.9 Å². The van der Waals surface area contributed by atoms with Gasteiger partial charge in [0.1, 0.15) is 22.0 Å². The minimum absolute atomic E-state index is 0.233. The maximum Gasteiger partial charge on any atom is 0.272 e. The monoisotopic (exact) mass is 640 g/mol. The number of nitrogens with one attached hydrogen (secondary N) is 4. The molecule has 0 saturated carbocycles. The second kappa shape index (κ2) is 13.5. The molecule has 5 heterocycles. The van der Waals surface area contributed by atoms with Gasteiger partial charge in [0.2, 0.25) is 0 Å². The first kappa shape index (κ1) is 31.1. The Labute approximate surface area is 262 Å². The Hall–Kier alpha value is -4.37. The summed E-state index contributed by atoms with van der Waals surface area (Å²) in [7, 11) is 5.11. The second-order valence-electron chi connectivity index (χ2n) is 10.3. The number of amides is 4. The average molecular weight is 641 g/mol. The first-order chi connectivity index (χ1) is 21.1. The van der Waals surface area contributed by atoms with Crippen LogP contribution in [0.4, 0.5) is 17.1 Å². The number of aryl methyl sites for hydroxylation is 3. The maximum absolute atomic E-state index is 13.1. The Balaban J connectivity index is 1.17. The summed E-state index contributed by atoms with van der Waals surface area (Å²) in [5.41, 5.74) is 2.32. The number of rotatable bonds is 10. The maximum atomic E-state index is 13.1. The molecule has 1 saturated heterocycles. The van der Waals surface area contributed by atoms with Crippen LogP contribution in [0, 0.1) is 0 Å². The lowest BCUT2D eigenvalue weighted by molar-refractivity contribution is 0.0383. The van der Waals surface area contributed by atoms with Gasteiger partial charge in [-0.1, -0.05) is 11.6 Å². The number of nitrogens with zero attached hydrogens (tertiary/aromatic N) is 4. The van der Waals surface area contributed by atoms with Crippen molar-refractivity contribution in [1.82, 2.24) is 23.9 Å². The van der Waals surface area contributed by atoms with E-state index >= 15 is 0 Å². The van der Waals surface area contributed by atoms with Crippen molar-refractivity contribution in [2.75, 3.05) is 55.3 Å². The zero-order valence-corrected chi connectivity index (χ0v) is 26.1. The predicted octanol–water partition coefficient (Wildman–Crippen LogP) is 3.24. The standard InChI is InChI=1S/C29H33ClN8O5S/c1-35-15-18(12-22(35)26(39)31-5-6-38-7-9-43-10-8-38)32-27(40)23-13-19(16-36(23)2)33-28(41)24-14-20(17-37(24)3)34-29(42)25-21(30)4-11-44-25/h4,11-17H,5-10H2,1-3H3,(H,31,39)(H,32,40)(H,33,41)(H,34,42). The van der Waals surface area contributed by atoms with Crippen molar-refractivity contribution in [3.63, 3.8) is 0 Å². The van der Waals surface area contributed by atoms with E-state index in [1.165, 1.54) is 11.3 Å². The fourth-order valence-corrected chi connectivity index (χ4v) is 5.89. The van der Waals surface area contributed by atoms with Crippen molar-refractivity contribution in [3.8, 4) is 0 Å². The highest BCUT2D eigenvalue weighted by Gasteiger charge is 2.20. The van der Waals surface area contributed by atoms with Gasteiger partial charge in [-0.15, -0.1) is 11.3 Å². The third kappa shape index (κ3) is 7.22. The molecule has 0 spiro atoms. The zero-order valence-electron chi connectivity index (χ0n) is 24.5. The third-order valence-electron chi connectivity index (χ3n) is 7.13. The highest BCUT2D eigenvalue weighted by atomic mass is 35.5. The van der Waals surface area contributed by atoms with Gasteiger partial charge in [0.25, 0.3) is 23.6 Å². The fraction of sp³-hybridized carbons (Fsp3) is 0.310. The van der Waals surface area contributed by atoms with Gasteiger partial charge in [0.15, 0.2) is 0 Å². The molecule has 5 rings (SSSR count). The summed E-state index contributed by atoms with van der Waals surface area (Å²) in [6.07, 6.45) is 4.91. The molecule has 232 valence electrons. The Morgan fingerprint density at radius 1 is 0.773 bits per heavy atom.